The molecule has 3 amide bonds. The summed E-state index contributed by atoms with van der Waals surface area (Å²) >= 11 is 0. The molecule has 20 heavy (non-hydrogen) atoms. The van der Waals surface area contributed by atoms with E-state index in [2.05, 4.69) is 39.8 Å². The number of amides is 3. The lowest BCUT2D eigenvalue weighted by atomic mass is 9.89. The van der Waals surface area contributed by atoms with Gasteiger partial charge in [-0.2, -0.15) is 0 Å². The largest absolute Gasteiger partial charge is 0.326 e. The van der Waals surface area contributed by atoms with Gasteiger partial charge in [0.25, 0.3) is 5.91 Å². The molecule has 106 valence electrons. The Labute approximate surface area is 118 Å². The topological polar surface area (TPSA) is 61.4 Å². The maximum atomic E-state index is 11.6. The molecule has 1 aromatic rings. The van der Waals surface area contributed by atoms with Crippen LogP contribution in [0, 0.1) is 5.92 Å². The highest BCUT2D eigenvalue weighted by Gasteiger charge is 2.37. The molecule has 0 aliphatic carbocycles. The maximum absolute atomic E-state index is 11.6. The highest BCUT2D eigenvalue weighted by Crippen LogP contribution is 2.23. The fourth-order valence-corrected chi connectivity index (χ4v) is 3.05. The van der Waals surface area contributed by atoms with Crippen LogP contribution in [0.15, 0.2) is 30.3 Å². The number of piperidine rings is 1. The van der Waals surface area contributed by atoms with E-state index in [1.807, 2.05) is 6.07 Å². The first kappa shape index (κ1) is 13.1. The molecule has 0 aromatic heterocycles. The number of carbonyl (C=O) groups is 2. The zero-order chi connectivity index (χ0) is 13.9. The van der Waals surface area contributed by atoms with Crippen molar-refractivity contribution in [2.45, 2.75) is 25.4 Å². The van der Waals surface area contributed by atoms with Crippen molar-refractivity contribution in [3.63, 3.8) is 0 Å². The minimum atomic E-state index is -0.355. The number of nitrogens with zero attached hydrogens (tertiary/aromatic N) is 1. The van der Waals surface area contributed by atoms with E-state index in [1.165, 1.54) is 5.56 Å². The second-order valence-electron chi connectivity index (χ2n) is 5.54. The van der Waals surface area contributed by atoms with Crippen LogP contribution in [0.25, 0.3) is 0 Å². The van der Waals surface area contributed by atoms with Gasteiger partial charge in [0.05, 0.1) is 0 Å². The number of imide groups is 1. The van der Waals surface area contributed by atoms with E-state index in [0.29, 0.717) is 0 Å². The van der Waals surface area contributed by atoms with Gasteiger partial charge in [-0.15, -0.1) is 0 Å². The van der Waals surface area contributed by atoms with E-state index in [0.717, 1.165) is 32.5 Å². The Balaban J connectivity index is 1.52. The molecule has 2 N–H and O–H groups in total. The van der Waals surface area contributed by atoms with Crippen LogP contribution in [0.1, 0.15) is 18.4 Å². The van der Waals surface area contributed by atoms with Crippen molar-refractivity contribution in [3.05, 3.63) is 35.9 Å². The van der Waals surface area contributed by atoms with Gasteiger partial charge in [0.1, 0.15) is 6.04 Å². The number of hydrogen-bond donors (Lipinski definition) is 2. The molecule has 0 radical (unpaired) electrons. The van der Waals surface area contributed by atoms with Crippen LogP contribution in [0.2, 0.25) is 0 Å². The van der Waals surface area contributed by atoms with Gasteiger partial charge in [0.15, 0.2) is 0 Å². The van der Waals surface area contributed by atoms with Crippen molar-refractivity contribution >= 4 is 11.9 Å². The molecule has 1 atom stereocenters. The Kier molecular flexibility index (Phi) is 3.69. The SMILES string of the molecule is O=C1NC(=O)C(C2CCN(Cc3ccccc3)CC2)N1. The smallest absolute Gasteiger partial charge is 0.322 e. The quantitative estimate of drug-likeness (QED) is 0.811. The van der Waals surface area contributed by atoms with Crippen LogP contribution in [-0.4, -0.2) is 36.0 Å². The van der Waals surface area contributed by atoms with E-state index in [1.54, 1.807) is 0 Å². The van der Waals surface area contributed by atoms with Gasteiger partial charge < -0.3 is 5.32 Å². The van der Waals surface area contributed by atoms with E-state index in [-0.39, 0.29) is 23.9 Å². The summed E-state index contributed by atoms with van der Waals surface area (Å²) in [6.45, 7) is 2.90. The molecule has 0 bridgehead atoms. The van der Waals surface area contributed by atoms with Crippen LogP contribution < -0.4 is 10.6 Å². The Bertz CT molecular complexity index is 495. The van der Waals surface area contributed by atoms with Crippen molar-refractivity contribution < 1.29 is 9.59 Å². The van der Waals surface area contributed by atoms with Gasteiger partial charge in [0.2, 0.25) is 0 Å². The Morgan fingerprint density at radius 2 is 1.80 bits per heavy atom. The van der Waals surface area contributed by atoms with Gasteiger partial charge in [-0.1, -0.05) is 30.3 Å². The summed E-state index contributed by atoms with van der Waals surface area (Å²) in [5.41, 5.74) is 1.32. The molecular formula is C15H19N3O2. The van der Waals surface area contributed by atoms with E-state index >= 15 is 0 Å². The van der Waals surface area contributed by atoms with Crippen LogP contribution in [0.3, 0.4) is 0 Å². The van der Waals surface area contributed by atoms with Crippen LogP contribution in [-0.2, 0) is 11.3 Å². The molecule has 2 fully saturated rings. The molecule has 2 aliphatic heterocycles. The summed E-state index contributed by atoms with van der Waals surface area (Å²) in [6.07, 6.45) is 1.90. The average molecular weight is 273 g/mol. The second-order valence-corrected chi connectivity index (χ2v) is 5.54. The molecule has 5 nitrogen and oxygen atoms in total. The minimum absolute atomic E-state index is 0.170. The predicted molar refractivity (Wildman–Crippen MR) is 74.9 cm³/mol. The zero-order valence-corrected chi connectivity index (χ0v) is 11.3. The maximum Gasteiger partial charge on any atom is 0.322 e. The molecule has 2 heterocycles. The first-order valence-corrected chi connectivity index (χ1v) is 7.10. The van der Waals surface area contributed by atoms with Crippen molar-refractivity contribution in [1.29, 1.82) is 0 Å². The third-order valence-electron chi connectivity index (χ3n) is 4.16. The Hall–Kier alpha value is -1.88. The molecule has 2 saturated heterocycles. The molecule has 5 heteroatoms. The number of rotatable bonds is 3. The number of nitrogens with one attached hydrogen (secondary N) is 2. The van der Waals surface area contributed by atoms with Gasteiger partial charge in [-0.3, -0.25) is 15.0 Å². The highest BCUT2D eigenvalue weighted by atomic mass is 16.2. The fraction of sp³-hybridized carbons (Fsp3) is 0.467. The molecule has 2 aliphatic rings. The second kappa shape index (κ2) is 5.63. The monoisotopic (exact) mass is 273 g/mol. The zero-order valence-electron chi connectivity index (χ0n) is 11.3. The van der Waals surface area contributed by atoms with Gasteiger partial charge in [-0.25, -0.2) is 4.79 Å². The minimum Gasteiger partial charge on any atom is -0.326 e. The summed E-state index contributed by atoms with van der Waals surface area (Å²) in [4.78, 5) is 25.2. The summed E-state index contributed by atoms with van der Waals surface area (Å²) < 4.78 is 0. The normalized spacial score (nSPS) is 24.5. The van der Waals surface area contributed by atoms with Crippen molar-refractivity contribution in [2.24, 2.45) is 5.92 Å². The van der Waals surface area contributed by atoms with Crippen molar-refractivity contribution in [3.8, 4) is 0 Å². The fourth-order valence-electron chi connectivity index (χ4n) is 3.05. The first-order chi connectivity index (χ1) is 9.72. The summed E-state index contributed by atoms with van der Waals surface area (Å²) in [5, 5.41) is 5.03. The van der Waals surface area contributed by atoms with Crippen LogP contribution in [0.4, 0.5) is 4.79 Å². The molecular weight excluding hydrogens is 254 g/mol. The van der Waals surface area contributed by atoms with Gasteiger partial charge in [0, 0.05) is 6.54 Å². The summed E-state index contributed by atoms with van der Waals surface area (Å²) in [5.74, 6) is 0.0879. The van der Waals surface area contributed by atoms with Crippen LogP contribution in [0.5, 0.6) is 0 Å². The van der Waals surface area contributed by atoms with Gasteiger partial charge >= 0.3 is 6.03 Å². The summed E-state index contributed by atoms with van der Waals surface area (Å²) in [7, 11) is 0. The third kappa shape index (κ3) is 2.82. The van der Waals surface area contributed by atoms with Crippen molar-refractivity contribution in [1.82, 2.24) is 15.5 Å². The molecule has 1 aromatic carbocycles. The van der Waals surface area contributed by atoms with Crippen molar-refractivity contribution in [2.75, 3.05) is 13.1 Å². The third-order valence-corrected chi connectivity index (χ3v) is 4.16. The molecule has 0 spiro atoms. The van der Waals surface area contributed by atoms with E-state index in [9.17, 15) is 9.59 Å². The van der Waals surface area contributed by atoms with E-state index in [4.69, 9.17) is 0 Å². The lowest BCUT2D eigenvalue weighted by Crippen LogP contribution is -2.43. The summed E-state index contributed by atoms with van der Waals surface area (Å²) in [6, 6.07) is 9.72. The first-order valence-electron chi connectivity index (χ1n) is 7.10. The molecule has 3 rings (SSSR count). The number of likely N-dealkylation sites (tertiary alicyclic amines) is 1. The number of hydrogen-bond acceptors (Lipinski definition) is 3. The van der Waals surface area contributed by atoms with Gasteiger partial charge in [-0.05, 0) is 37.4 Å². The lowest BCUT2D eigenvalue weighted by molar-refractivity contribution is -0.121. The Morgan fingerprint density at radius 3 is 2.40 bits per heavy atom. The number of carbonyl (C=O) groups excluding carboxylic acids is 2. The predicted octanol–water partition coefficient (Wildman–Crippen LogP) is 1.11. The average Bonchev–Trinajstić information content (AvgIpc) is 2.80. The Morgan fingerprint density at radius 1 is 1.10 bits per heavy atom. The number of benzene rings is 1. The highest BCUT2D eigenvalue weighted by molar-refractivity contribution is 6.04. The molecule has 1 unspecified atom stereocenters. The number of urea groups is 1. The van der Waals surface area contributed by atoms with Crippen LogP contribution >= 0.6 is 0 Å². The standard InChI is InChI=1S/C15H19N3O2/c19-14-13(16-15(20)17-14)12-6-8-18(9-7-12)10-11-4-2-1-3-5-11/h1-5,12-13H,6-10H2,(H2,16,17,19,20). The lowest BCUT2D eigenvalue weighted by Gasteiger charge is -2.33. The van der Waals surface area contributed by atoms with E-state index < -0.39 is 0 Å². The molecule has 0 saturated carbocycles.